The molecule has 0 N–H and O–H groups in total. The summed E-state index contributed by atoms with van der Waals surface area (Å²) in [6.07, 6.45) is 5.34. The Balaban J connectivity index is 2.81. The number of ether oxygens (including phenoxy) is 1. The van der Waals surface area contributed by atoms with Gasteiger partial charge in [0.25, 0.3) is 5.69 Å². The number of methoxy groups -OCH3 is 1. The summed E-state index contributed by atoms with van der Waals surface area (Å²) in [5.41, 5.74) is -0.159. The number of rotatable bonds is 2. The van der Waals surface area contributed by atoms with Gasteiger partial charge in [-0.1, -0.05) is 18.2 Å². The first kappa shape index (κ1) is 11.3. The maximum atomic E-state index is 11.5. The molecule has 0 saturated carbocycles. The number of nitro benzene ring substituents is 1. The molecule has 0 heterocycles. The van der Waals surface area contributed by atoms with E-state index in [2.05, 4.69) is 4.74 Å². The molecule has 1 aliphatic rings. The van der Waals surface area contributed by atoms with Crippen molar-refractivity contribution in [3.05, 3.63) is 38.2 Å². The van der Waals surface area contributed by atoms with Gasteiger partial charge in [-0.05, 0) is 24.1 Å². The average molecular weight is 233 g/mol. The molecule has 0 atom stereocenters. The Bertz CT molecular complexity index is 604. The second kappa shape index (κ2) is 4.37. The molecule has 0 aliphatic heterocycles. The Morgan fingerprint density at radius 2 is 2.06 bits per heavy atom. The van der Waals surface area contributed by atoms with Crippen molar-refractivity contribution in [1.29, 1.82) is 0 Å². The highest BCUT2D eigenvalue weighted by Gasteiger charge is 2.23. The molecule has 1 aromatic carbocycles. The number of benzene rings is 1. The molecule has 5 nitrogen and oxygen atoms in total. The molecule has 1 aromatic rings. The SMILES string of the molecule is COC(=O)c1ccc2c(c1[N+](=O)[O-])=CCCC=2. The molecule has 0 radical (unpaired) electrons. The number of carbonyl (C=O) groups is 1. The van der Waals surface area contributed by atoms with Crippen LogP contribution >= 0.6 is 0 Å². The van der Waals surface area contributed by atoms with Gasteiger partial charge in [0.05, 0.1) is 17.3 Å². The van der Waals surface area contributed by atoms with Crippen molar-refractivity contribution in [3.8, 4) is 0 Å². The summed E-state index contributed by atoms with van der Waals surface area (Å²) in [5, 5.41) is 12.4. The van der Waals surface area contributed by atoms with Gasteiger partial charge in [0.2, 0.25) is 0 Å². The molecule has 5 heteroatoms. The van der Waals surface area contributed by atoms with E-state index in [0.29, 0.717) is 5.22 Å². The molecule has 0 bridgehead atoms. The maximum Gasteiger partial charge on any atom is 0.344 e. The summed E-state index contributed by atoms with van der Waals surface area (Å²) in [7, 11) is 1.21. The minimum Gasteiger partial charge on any atom is -0.465 e. The van der Waals surface area contributed by atoms with E-state index < -0.39 is 10.9 Å². The Morgan fingerprint density at radius 3 is 2.71 bits per heavy atom. The van der Waals surface area contributed by atoms with E-state index in [9.17, 15) is 14.9 Å². The molecule has 0 aromatic heterocycles. The first-order chi connectivity index (χ1) is 8.15. The molecular weight excluding hydrogens is 222 g/mol. The molecule has 0 spiro atoms. The molecule has 1 aliphatic carbocycles. The minimum absolute atomic E-state index is 0.00259. The molecule has 0 saturated heterocycles. The second-order valence-corrected chi connectivity index (χ2v) is 3.70. The van der Waals surface area contributed by atoms with Gasteiger partial charge in [-0.2, -0.15) is 0 Å². The van der Waals surface area contributed by atoms with Crippen LogP contribution < -0.4 is 10.4 Å². The van der Waals surface area contributed by atoms with Crippen LogP contribution in [0.15, 0.2) is 12.1 Å². The normalized spacial score (nSPS) is 13.0. The molecular formula is C12H11NO4. The van der Waals surface area contributed by atoms with Gasteiger partial charge in [0.15, 0.2) is 0 Å². The summed E-state index contributed by atoms with van der Waals surface area (Å²) >= 11 is 0. The number of hydrogen-bond acceptors (Lipinski definition) is 4. The van der Waals surface area contributed by atoms with Gasteiger partial charge < -0.3 is 4.74 Å². The lowest BCUT2D eigenvalue weighted by molar-refractivity contribution is -0.386. The van der Waals surface area contributed by atoms with Gasteiger partial charge in [-0.15, -0.1) is 0 Å². The monoisotopic (exact) mass is 233 g/mol. The highest BCUT2D eigenvalue weighted by atomic mass is 16.6. The van der Waals surface area contributed by atoms with Crippen molar-refractivity contribution in [1.82, 2.24) is 0 Å². The zero-order valence-electron chi connectivity index (χ0n) is 9.30. The van der Waals surface area contributed by atoms with Crippen LogP contribution in [-0.4, -0.2) is 18.0 Å². The molecule has 0 fully saturated rings. The number of fused-ring (bicyclic) bond motifs is 1. The third kappa shape index (κ3) is 1.91. The second-order valence-electron chi connectivity index (χ2n) is 3.70. The lowest BCUT2D eigenvalue weighted by atomic mass is 10.0. The standard InChI is InChI=1S/C12H11NO4/c1-17-12(14)10-7-6-8-4-2-3-5-9(8)11(10)13(15)16/h4-7H,2-3H2,1H3. The Morgan fingerprint density at radius 1 is 1.35 bits per heavy atom. The lowest BCUT2D eigenvalue weighted by Gasteiger charge is -2.05. The quantitative estimate of drug-likeness (QED) is 0.429. The average Bonchev–Trinajstić information content (AvgIpc) is 2.36. The van der Waals surface area contributed by atoms with Crippen molar-refractivity contribution in [3.63, 3.8) is 0 Å². The van der Waals surface area contributed by atoms with Gasteiger partial charge >= 0.3 is 5.97 Å². The zero-order valence-corrected chi connectivity index (χ0v) is 9.30. The molecule has 0 amide bonds. The summed E-state index contributed by atoms with van der Waals surface area (Å²) < 4.78 is 4.55. The van der Waals surface area contributed by atoms with E-state index in [4.69, 9.17) is 0 Å². The highest BCUT2D eigenvalue weighted by molar-refractivity contribution is 5.94. The summed E-state index contributed by atoms with van der Waals surface area (Å²) in [6, 6.07) is 3.16. The smallest absolute Gasteiger partial charge is 0.344 e. The predicted octanol–water partition coefficient (Wildman–Crippen LogP) is 0.736. The number of esters is 1. The minimum atomic E-state index is -0.682. The van der Waals surface area contributed by atoms with E-state index in [1.807, 2.05) is 6.08 Å². The maximum absolute atomic E-state index is 11.5. The van der Waals surface area contributed by atoms with Crippen LogP contribution in [0, 0.1) is 10.1 Å². The Hall–Kier alpha value is -2.17. The van der Waals surface area contributed by atoms with Crippen LogP contribution in [0.3, 0.4) is 0 Å². The van der Waals surface area contributed by atoms with Gasteiger partial charge in [0.1, 0.15) is 5.56 Å². The summed E-state index contributed by atoms with van der Waals surface area (Å²) in [5.74, 6) is -0.682. The van der Waals surface area contributed by atoms with E-state index in [0.717, 1.165) is 18.1 Å². The van der Waals surface area contributed by atoms with E-state index in [1.165, 1.54) is 13.2 Å². The van der Waals surface area contributed by atoms with Crippen molar-refractivity contribution < 1.29 is 14.5 Å². The topological polar surface area (TPSA) is 69.4 Å². The predicted molar refractivity (Wildman–Crippen MR) is 61.8 cm³/mol. The fourth-order valence-corrected chi connectivity index (χ4v) is 1.95. The van der Waals surface area contributed by atoms with Crippen LogP contribution in [0.1, 0.15) is 23.2 Å². The lowest BCUT2D eigenvalue weighted by Crippen LogP contribution is -2.31. The first-order valence-electron chi connectivity index (χ1n) is 5.21. The van der Waals surface area contributed by atoms with Crippen molar-refractivity contribution in [2.24, 2.45) is 0 Å². The summed E-state index contributed by atoms with van der Waals surface area (Å²) in [6.45, 7) is 0. The van der Waals surface area contributed by atoms with Crippen LogP contribution in [-0.2, 0) is 4.74 Å². The largest absolute Gasteiger partial charge is 0.465 e. The van der Waals surface area contributed by atoms with Crippen molar-refractivity contribution >= 4 is 23.8 Å². The van der Waals surface area contributed by atoms with Gasteiger partial charge in [0, 0.05) is 0 Å². The van der Waals surface area contributed by atoms with E-state index in [-0.39, 0.29) is 11.3 Å². The molecule has 88 valence electrons. The van der Waals surface area contributed by atoms with Crippen LogP contribution in [0.5, 0.6) is 0 Å². The Kier molecular flexibility index (Phi) is 2.91. The fraction of sp³-hybridized carbons (Fsp3) is 0.250. The fourth-order valence-electron chi connectivity index (χ4n) is 1.95. The van der Waals surface area contributed by atoms with Crippen LogP contribution in [0.25, 0.3) is 12.2 Å². The highest BCUT2D eigenvalue weighted by Crippen LogP contribution is 2.14. The van der Waals surface area contributed by atoms with Gasteiger partial charge in [-0.25, -0.2) is 4.79 Å². The molecule has 17 heavy (non-hydrogen) atoms. The number of nitro groups is 1. The van der Waals surface area contributed by atoms with E-state index >= 15 is 0 Å². The molecule has 2 rings (SSSR count). The zero-order chi connectivity index (χ0) is 12.4. The number of hydrogen-bond donors (Lipinski definition) is 0. The number of nitrogens with zero attached hydrogens (tertiary/aromatic N) is 1. The third-order valence-electron chi connectivity index (χ3n) is 2.72. The van der Waals surface area contributed by atoms with Crippen LogP contribution in [0.4, 0.5) is 5.69 Å². The molecule has 0 unspecified atom stereocenters. The third-order valence-corrected chi connectivity index (χ3v) is 2.72. The van der Waals surface area contributed by atoms with Gasteiger partial charge in [-0.3, -0.25) is 10.1 Å². The van der Waals surface area contributed by atoms with Crippen molar-refractivity contribution in [2.75, 3.05) is 7.11 Å². The van der Waals surface area contributed by atoms with Crippen molar-refractivity contribution in [2.45, 2.75) is 12.8 Å². The van der Waals surface area contributed by atoms with Crippen LogP contribution in [0.2, 0.25) is 0 Å². The summed E-state index contributed by atoms with van der Waals surface area (Å²) in [4.78, 5) is 22.0. The first-order valence-corrected chi connectivity index (χ1v) is 5.21. The number of carbonyl (C=O) groups excluding carboxylic acids is 1. The van der Waals surface area contributed by atoms with E-state index in [1.54, 1.807) is 12.1 Å². The Labute approximate surface area is 97.2 Å².